The quantitative estimate of drug-likeness (QED) is 0.484. The molecule has 5 rings (SSSR count). The minimum absolute atomic E-state index is 0.304. The summed E-state index contributed by atoms with van der Waals surface area (Å²) in [4.78, 5) is 32.3. The van der Waals surface area contributed by atoms with E-state index in [4.69, 9.17) is 21.8 Å². The number of H-pyrrole nitrogens is 1. The highest BCUT2D eigenvalue weighted by Gasteiger charge is 2.22. The summed E-state index contributed by atoms with van der Waals surface area (Å²) in [5.74, 6) is 1.23. The number of amides is 1. The largest absolute Gasteiger partial charge is 0.461 e. The van der Waals surface area contributed by atoms with E-state index in [0.717, 1.165) is 31.9 Å². The van der Waals surface area contributed by atoms with Crippen LogP contribution < -0.4 is 15.5 Å². The van der Waals surface area contributed by atoms with Gasteiger partial charge in [-0.2, -0.15) is 4.98 Å². The van der Waals surface area contributed by atoms with Crippen LogP contribution in [0.1, 0.15) is 10.4 Å². The van der Waals surface area contributed by atoms with E-state index >= 15 is 0 Å². The average molecular weight is 424 g/mol. The molecular formula is C20H18ClN7O2. The van der Waals surface area contributed by atoms with Crippen molar-refractivity contribution in [3.63, 3.8) is 0 Å². The van der Waals surface area contributed by atoms with Crippen LogP contribution >= 0.6 is 11.6 Å². The Morgan fingerprint density at radius 2 is 1.77 bits per heavy atom. The summed E-state index contributed by atoms with van der Waals surface area (Å²) in [7, 11) is 0. The van der Waals surface area contributed by atoms with E-state index in [0.29, 0.717) is 39.4 Å². The fourth-order valence-corrected chi connectivity index (χ4v) is 3.74. The van der Waals surface area contributed by atoms with Crippen molar-refractivity contribution in [2.75, 3.05) is 36.0 Å². The van der Waals surface area contributed by atoms with Crippen molar-refractivity contribution < 1.29 is 9.21 Å². The average Bonchev–Trinajstić information content (AvgIpc) is 3.44. The van der Waals surface area contributed by atoms with Gasteiger partial charge in [-0.3, -0.25) is 4.79 Å². The van der Waals surface area contributed by atoms with E-state index in [-0.39, 0.29) is 0 Å². The first-order chi connectivity index (χ1) is 14.6. The number of benzene rings is 1. The number of rotatable bonds is 4. The summed E-state index contributed by atoms with van der Waals surface area (Å²) in [6, 6.07) is 10.9. The molecule has 1 aliphatic rings. The number of hydrogen-bond donors (Lipinski definition) is 2. The number of hydrogen-bond acceptors (Lipinski definition) is 7. The molecule has 0 unspecified atom stereocenters. The van der Waals surface area contributed by atoms with Crippen LogP contribution in [0.2, 0.25) is 5.15 Å². The van der Waals surface area contributed by atoms with Gasteiger partial charge in [0.05, 0.1) is 6.26 Å². The smallest absolute Gasteiger partial charge is 0.248 e. The number of nitrogens with two attached hydrogens (primary N) is 1. The van der Waals surface area contributed by atoms with E-state index in [1.165, 1.54) is 0 Å². The second-order valence-corrected chi connectivity index (χ2v) is 7.32. The second-order valence-electron chi connectivity index (χ2n) is 6.96. The van der Waals surface area contributed by atoms with Crippen LogP contribution in [-0.2, 0) is 0 Å². The minimum Gasteiger partial charge on any atom is -0.461 e. The fourth-order valence-electron chi connectivity index (χ4n) is 3.53. The van der Waals surface area contributed by atoms with Gasteiger partial charge in [-0.15, -0.1) is 0 Å². The maximum atomic E-state index is 11.2. The molecule has 152 valence electrons. The molecule has 1 aliphatic heterocycles. The summed E-state index contributed by atoms with van der Waals surface area (Å²) in [5.41, 5.74) is 7.98. The molecule has 0 radical (unpaired) electrons. The van der Waals surface area contributed by atoms with Gasteiger partial charge in [0.1, 0.15) is 5.52 Å². The topological polar surface area (TPSA) is 117 Å². The Labute approximate surface area is 176 Å². The highest BCUT2D eigenvalue weighted by molar-refractivity contribution is 6.33. The van der Waals surface area contributed by atoms with Gasteiger partial charge in [0.2, 0.25) is 11.9 Å². The molecule has 30 heavy (non-hydrogen) atoms. The molecule has 3 N–H and O–H groups in total. The molecule has 0 aliphatic carbocycles. The number of carbonyl (C=O) groups is 1. The maximum absolute atomic E-state index is 11.2. The molecule has 0 spiro atoms. The standard InChI is InChI=1S/C20H18ClN7O2/c21-16-15-19(25-18(24-16)14-2-1-11-30-14)26-20(23-15)28-9-7-27(8-10-28)13-5-3-12(4-6-13)17(22)29/h1-6,11H,7-10H2,(H2,22,29)(H,23,24,25,26). The monoisotopic (exact) mass is 423 g/mol. The summed E-state index contributed by atoms with van der Waals surface area (Å²) in [6.45, 7) is 3.16. The Morgan fingerprint density at radius 3 is 2.43 bits per heavy atom. The Morgan fingerprint density at radius 1 is 1.03 bits per heavy atom. The highest BCUT2D eigenvalue weighted by atomic mass is 35.5. The molecule has 0 atom stereocenters. The molecule has 3 aromatic heterocycles. The minimum atomic E-state index is -0.423. The number of piperazine rings is 1. The molecule has 1 saturated heterocycles. The van der Waals surface area contributed by atoms with Gasteiger partial charge in [-0.05, 0) is 36.4 Å². The number of imidazole rings is 1. The van der Waals surface area contributed by atoms with E-state index in [1.807, 2.05) is 12.1 Å². The van der Waals surface area contributed by atoms with Gasteiger partial charge in [0.25, 0.3) is 0 Å². The van der Waals surface area contributed by atoms with Gasteiger partial charge < -0.3 is 24.9 Å². The third kappa shape index (κ3) is 3.33. The summed E-state index contributed by atoms with van der Waals surface area (Å²) >= 11 is 6.35. The normalized spacial score (nSPS) is 14.4. The Hall–Kier alpha value is -3.59. The van der Waals surface area contributed by atoms with Crippen LogP contribution in [-0.4, -0.2) is 52.0 Å². The van der Waals surface area contributed by atoms with E-state index in [1.54, 1.807) is 30.5 Å². The van der Waals surface area contributed by atoms with Crippen LogP contribution in [0.15, 0.2) is 47.1 Å². The lowest BCUT2D eigenvalue weighted by Gasteiger charge is -2.36. The maximum Gasteiger partial charge on any atom is 0.248 e. The van der Waals surface area contributed by atoms with Gasteiger partial charge in [-0.25, -0.2) is 9.97 Å². The molecule has 4 heterocycles. The zero-order valence-electron chi connectivity index (χ0n) is 15.9. The third-order valence-corrected chi connectivity index (χ3v) is 5.41. The number of fused-ring (bicyclic) bond motifs is 1. The van der Waals surface area contributed by atoms with Crippen LogP contribution in [0.4, 0.5) is 11.6 Å². The molecule has 4 aromatic rings. The molecule has 0 bridgehead atoms. The Balaban J connectivity index is 1.33. The number of nitrogens with zero attached hydrogens (tertiary/aromatic N) is 5. The number of halogens is 1. The van der Waals surface area contributed by atoms with Crippen LogP contribution in [0.5, 0.6) is 0 Å². The summed E-state index contributed by atoms with van der Waals surface area (Å²) in [5, 5.41) is 0.304. The van der Waals surface area contributed by atoms with Crippen LogP contribution in [0.25, 0.3) is 22.7 Å². The van der Waals surface area contributed by atoms with Gasteiger partial charge >= 0.3 is 0 Å². The lowest BCUT2D eigenvalue weighted by Crippen LogP contribution is -2.47. The predicted molar refractivity (Wildman–Crippen MR) is 114 cm³/mol. The number of aromatic amines is 1. The van der Waals surface area contributed by atoms with Crippen molar-refractivity contribution in [2.24, 2.45) is 5.73 Å². The van der Waals surface area contributed by atoms with Crippen LogP contribution in [0, 0.1) is 0 Å². The Kier molecular flexibility index (Phi) is 4.51. The van der Waals surface area contributed by atoms with Crippen molar-refractivity contribution in [3.05, 3.63) is 53.4 Å². The number of aromatic nitrogens is 4. The van der Waals surface area contributed by atoms with Crippen molar-refractivity contribution in [2.45, 2.75) is 0 Å². The van der Waals surface area contributed by atoms with Crippen molar-refractivity contribution >= 4 is 40.3 Å². The number of primary amides is 1. The van der Waals surface area contributed by atoms with Gasteiger partial charge in [0.15, 0.2) is 22.4 Å². The van der Waals surface area contributed by atoms with Gasteiger partial charge in [0, 0.05) is 37.4 Å². The number of carbonyl (C=O) groups excluding carboxylic acids is 1. The highest BCUT2D eigenvalue weighted by Crippen LogP contribution is 2.27. The first kappa shape index (κ1) is 18.4. The zero-order valence-corrected chi connectivity index (χ0v) is 16.6. The first-order valence-corrected chi connectivity index (χ1v) is 9.83. The lowest BCUT2D eigenvalue weighted by atomic mass is 10.1. The van der Waals surface area contributed by atoms with E-state index in [9.17, 15) is 4.79 Å². The molecule has 1 amide bonds. The molecule has 9 nitrogen and oxygen atoms in total. The van der Waals surface area contributed by atoms with Crippen molar-refractivity contribution in [1.82, 2.24) is 19.9 Å². The molecular weight excluding hydrogens is 406 g/mol. The van der Waals surface area contributed by atoms with E-state index in [2.05, 4.69) is 29.7 Å². The molecule has 0 saturated carbocycles. The number of nitrogens with one attached hydrogen (secondary N) is 1. The second kappa shape index (κ2) is 7.34. The predicted octanol–water partition coefficient (Wildman–Crippen LogP) is 2.69. The van der Waals surface area contributed by atoms with Crippen molar-refractivity contribution in [1.29, 1.82) is 0 Å². The molecule has 1 fully saturated rings. The molecule has 10 heteroatoms. The SMILES string of the molecule is NC(=O)c1ccc(N2CCN(c3nc4nc(-c5ccco5)nc(Cl)c4[nH]3)CC2)cc1. The summed E-state index contributed by atoms with van der Waals surface area (Å²) < 4.78 is 5.36. The van der Waals surface area contributed by atoms with Crippen LogP contribution in [0.3, 0.4) is 0 Å². The van der Waals surface area contributed by atoms with Crippen molar-refractivity contribution in [3.8, 4) is 11.6 Å². The number of anilines is 2. The molecule has 1 aromatic carbocycles. The first-order valence-electron chi connectivity index (χ1n) is 9.45. The third-order valence-electron chi connectivity index (χ3n) is 5.13. The fraction of sp³-hybridized carbons (Fsp3) is 0.200. The summed E-state index contributed by atoms with van der Waals surface area (Å²) in [6.07, 6.45) is 1.56. The number of furan rings is 1. The van der Waals surface area contributed by atoms with Gasteiger partial charge in [-0.1, -0.05) is 11.6 Å². The zero-order chi connectivity index (χ0) is 20.7. The lowest BCUT2D eigenvalue weighted by molar-refractivity contribution is 0.100. The van der Waals surface area contributed by atoms with E-state index < -0.39 is 5.91 Å². The Bertz CT molecular complexity index is 1200.